The first kappa shape index (κ1) is 14.5. The van der Waals surface area contributed by atoms with Crippen LogP contribution in [0.1, 0.15) is 15.9 Å². The largest absolute Gasteiger partial charge is 0.340 e. The van der Waals surface area contributed by atoms with Crippen LogP contribution in [0.25, 0.3) is 0 Å². The van der Waals surface area contributed by atoms with Crippen LogP contribution >= 0.6 is 0 Å². The fraction of sp³-hybridized carbons (Fsp3) is 0.467. The van der Waals surface area contributed by atoms with Gasteiger partial charge in [-0.05, 0) is 24.3 Å². The maximum absolute atomic E-state index is 12.2. The van der Waals surface area contributed by atoms with E-state index in [9.17, 15) is 4.79 Å². The van der Waals surface area contributed by atoms with Crippen LogP contribution in [-0.4, -0.2) is 62.0 Å². The summed E-state index contributed by atoms with van der Waals surface area (Å²) in [5, 5.41) is 12.1. The van der Waals surface area contributed by atoms with E-state index in [-0.39, 0.29) is 5.91 Å². The van der Waals surface area contributed by atoms with Crippen molar-refractivity contribution in [2.24, 2.45) is 0 Å². The van der Waals surface area contributed by atoms with Crippen molar-refractivity contribution in [2.75, 3.05) is 46.3 Å². The molecule has 1 aromatic rings. The second-order valence-corrected chi connectivity index (χ2v) is 5.01. The van der Waals surface area contributed by atoms with Crippen molar-refractivity contribution in [2.45, 2.75) is 0 Å². The van der Waals surface area contributed by atoms with Gasteiger partial charge in [0.05, 0.1) is 11.6 Å². The van der Waals surface area contributed by atoms with Gasteiger partial charge in [0.2, 0.25) is 0 Å². The summed E-state index contributed by atoms with van der Waals surface area (Å²) in [6.07, 6.45) is 0. The van der Waals surface area contributed by atoms with E-state index < -0.39 is 0 Å². The van der Waals surface area contributed by atoms with Gasteiger partial charge in [0.25, 0.3) is 5.91 Å². The molecule has 106 valence electrons. The van der Waals surface area contributed by atoms with Crippen LogP contribution in [0.2, 0.25) is 0 Å². The van der Waals surface area contributed by atoms with E-state index in [4.69, 9.17) is 5.26 Å². The number of carbonyl (C=O) groups is 1. The number of nitriles is 1. The molecular formula is C15H20N4O. The number of piperazine rings is 1. The molecule has 0 saturated carbocycles. The predicted molar refractivity (Wildman–Crippen MR) is 77.4 cm³/mol. The van der Waals surface area contributed by atoms with E-state index in [0.717, 1.165) is 39.3 Å². The minimum atomic E-state index is 0.00428. The zero-order chi connectivity index (χ0) is 14.4. The molecule has 1 amide bonds. The van der Waals surface area contributed by atoms with Gasteiger partial charge in [-0.2, -0.15) is 5.26 Å². The summed E-state index contributed by atoms with van der Waals surface area (Å²) in [6, 6.07) is 8.83. The molecule has 1 aliphatic heterocycles. The Morgan fingerprint density at radius 2 is 2.00 bits per heavy atom. The molecule has 2 rings (SSSR count). The normalized spacial score (nSPS) is 15.6. The van der Waals surface area contributed by atoms with Crippen LogP contribution in [0.15, 0.2) is 24.3 Å². The molecule has 0 aromatic heterocycles. The Kier molecular flexibility index (Phi) is 5.10. The number of carbonyl (C=O) groups excluding carboxylic acids is 1. The maximum Gasteiger partial charge on any atom is 0.253 e. The van der Waals surface area contributed by atoms with Crippen molar-refractivity contribution in [1.29, 1.82) is 5.26 Å². The van der Waals surface area contributed by atoms with Crippen molar-refractivity contribution >= 4 is 5.91 Å². The lowest BCUT2D eigenvalue weighted by atomic mass is 10.1. The number of hydrogen-bond donors (Lipinski definition) is 1. The number of benzene rings is 1. The summed E-state index contributed by atoms with van der Waals surface area (Å²) in [4.78, 5) is 16.3. The number of likely N-dealkylation sites (N-methyl/N-ethyl adjacent to an activating group) is 1. The van der Waals surface area contributed by atoms with Gasteiger partial charge >= 0.3 is 0 Å². The monoisotopic (exact) mass is 272 g/mol. The maximum atomic E-state index is 12.2. The molecule has 0 bridgehead atoms. The van der Waals surface area contributed by atoms with Gasteiger partial charge in [-0.1, -0.05) is 0 Å². The Morgan fingerprint density at radius 3 is 2.60 bits per heavy atom. The van der Waals surface area contributed by atoms with Crippen LogP contribution in [-0.2, 0) is 0 Å². The predicted octanol–water partition coefficient (Wildman–Crippen LogP) is 0.535. The lowest BCUT2D eigenvalue weighted by molar-refractivity contribution is 0.0775. The molecule has 0 aliphatic carbocycles. The van der Waals surface area contributed by atoms with Gasteiger partial charge in [0, 0.05) is 51.9 Å². The fourth-order valence-corrected chi connectivity index (χ4v) is 2.24. The van der Waals surface area contributed by atoms with Crippen molar-refractivity contribution in [1.82, 2.24) is 15.1 Å². The summed E-state index contributed by atoms with van der Waals surface area (Å²) >= 11 is 0. The highest BCUT2D eigenvalue weighted by Crippen LogP contribution is 2.06. The molecule has 1 fully saturated rings. The third kappa shape index (κ3) is 3.80. The molecule has 0 spiro atoms. The molecule has 0 unspecified atom stereocenters. The number of nitrogens with one attached hydrogen (secondary N) is 1. The van der Waals surface area contributed by atoms with Crippen LogP contribution in [0.5, 0.6) is 0 Å². The molecule has 1 heterocycles. The van der Waals surface area contributed by atoms with E-state index >= 15 is 0 Å². The van der Waals surface area contributed by atoms with Gasteiger partial charge in [-0.3, -0.25) is 9.69 Å². The van der Waals surface area contributed by atoms with Crippen molar-refractivity contribution in [3.63, 3.8) is 0 Å². The third-order valence-electron chi connectivity index (χ3n) is 3.57. The zero-order valence-electron chi connectivity index (χ0n) is 11.8. The smallest absolute Gasteiger partial charge is 0.253 e. The van der Waals surface area contributed by atoms with E-state index in [2.05, 4.69) is 16.3 Å². The van der Waals surface area contributed by atoms with Crippen LogP contribution in [0.4, 0.5) is 0 Å². The Labute approximate surface area is 119 Å². The number of nitrogens with zero attached hydrogens (tertiary/aromatic N) is 3. The molecule has 0 radical (unpaired) electrons. The van der Waals surface area contributed by atoms with Gasteiger partial charge < -0.3 is 10.2 Å². The molecule has 1 saturated heterocycles. The summed E-state index contributed by atoms with van der Waals surface area (Å²) < 4.78 is 0. The number of amides is 1. The van der Waals surface area contributed by atoms with Crippen LogP contribution < -0.4 is 5.32 Å². The first-order valence-corrected chi connectivity index (χ1v) is 6.89. The van der Waals surface area contributed by atoms with Crippen LogP contribution in [0, 0.1) is 11.3 Å². The summed E-state index contributed by atoms with van der Waals surface area (Å²) in [5.41, 5.74) is 1.21. The Morgan fingerprint density at radius 1 is 1.35 bits per heavy atom. The van der Waals surface area contributed by atoms with Gasteiger partial charge in [-0.25, -0.2) is 0 Å². The Bertz CT molecular complexity index is 486. The summed E-state index contributed by atoms with van der Waals surface area (Å²) in [6.45, 7) is 5.75. The second kappa shape index (κ2) is 7.04. The third-order valence-corrected chi connectivity index (χ3v) is 3.57. The van der Waals surface area contributed by atoms with E-state index in [0.29, 0.717) is 11.1 Å². The molecule has 0 atom stereocenters. The second-order valence-electron chi connectivity index (χ2n) is 5.01. The standard InChI is InChI=1S/C15H20N4O/c1-18(10-11-19-8-6-17-7-9-19)15(20)14-4-2-13(12-16)3-5-14/h2-5,17H,6-11H2,1H3. The van der Waals surface area contributed by atoms with Gasteiger partial charge in [-0.15, -0.1) is 0 Å². The first-order chi connectivity index (χ1) is 9.70. The molecule has 1 aromatic carbocycles. The number of rotatable bonds is 4. The van der Waals surface area contributed by atoms with E-state index in [1.54, 1.807) is 29.2 Å². The SMILES string of the molecule is CN(CCN1CCNCC1)C(=O)c1ccc(C#N)cc1. The molecule has 1 N–H and O–H groups in total. The molecular weight excluding hydrogens is 252 g/mol. The molecule has 20 heavy (non-hydrogen) atoms. The van der Waals surface area contributed by atoms with Crippen molar-refractivity contribution in [3.05, 3.63) is 35.4 Å². The lowest BCUT2D eigenvalue weighted by Gasteiger charge is -2.29. The van der Waals surface area contributed by atoms with E-state index in [1.165, 1.54) is 0 Å². The molecule has 1 aliphatic rings. The van der Waals surface area contributed by atoms with Crippen molar-refractivity contribution in [3.8, 4) is 6.07 Å². The fourth-order valence-electron chi connectivity index (χ4n) is 2.24. The van der Waals surface area contributed by atoms with E-state index in [1.807, 2.05) is 7.05 Å². The van der Waals surface area contributed by atoms with Crippen molar-refractivity contribution < 1.29 is 4.79 Å². The highest BCUT2D eigenvalue weighted by Gasteiger charge is 2.14. The highest BCUT2D eigenvalue weighted by molar-refractivity contribution is 5.94. The lowest BCUT2D eigenvalue weighted by Crippen LogP contribution is -2.46. The van der Waals surface area contributed by atoms with Gasteiger partial charge in [0.15, 0.2) is 0 Å². The topological polar surface area (TPSA) is 59.4 Å². The zero-order valence-corrected chi connectivity index (χ0v) is 11.8. The summed E-state index contributed by atoms with van der Waals surface area (Å²) in [7, 11) is 1.82. The highest BCUT2D eigenvalue weighted by atomic mass is 16.2. The average Bonchev–Trinajstić information content (AvgIpc) is 2.53. The van der Waals surface area contributed by atoms with Gasteiger partial charge in [0.1, 0.15) is 0 Å². The Balaban J connectivity index is 1.85. The summed E-state index contributed by atoms with van der Waals surface area (Å²) in [5.74, 6) is 0.00428. The Hall–Kier alpha value is -1.90. The minimum Gasteiger partial charge on any atom is -0.340 e. The number of hydrogen-bond acceptors (Lipinski definition) is 4. The first-order valence-electron chi connectivity index (χ1n) is 6.89. The molecule has 5 nitrogen and oxygen atoms in total. The minimum absolute atomic E-state index is 0.00428. The average molecular weight is 272 g/mol. The molecule has 5 heteroatoms. The quantitative estimate of drug-likeness (QED) is 0.869. The van der Waals surface area contributed by atoms with Crippen LogP contribution in [0.3, 0.4) is 0 Å².